The maximum absolute atomic E-state index is 7.43. The van der Waals surface area contributed by atoms with Gasteiger partial charge < -0.3 is 5.32 Å². The lowest BCUT2D eigenvalue weighted by atomic mass is 10.2. The van der Waals surface area contributed by atoms with Gasteiger partial charge in [0.05, 0.1) is 0 Å². The summed E-state index contributed by atoms with van der Waals surface area (Å²) in [4.78, 5) is 0. The summed E-state index contributed by atoms with van der Waals surface area (Å²) in [6.45, 7) is 0.743. The lowest BCUT2D eigenvalue weighted by Crippen LogP contribution is -2.00. The van der Waals surface area contributed by atoms with E-state index in [0.29, 0.717) is 5.56 Å². The van der Waals surface area contributed by atoms with Crippen LogP contribution in [0.2, 0.25) is 0 Å². The highest BCUT2D eigenvalue weighted by Crippen LogP contribution is 2.14. The van der Waals surface area contributed by atoms with Gasteiger partial charge in [-0.15, -0.1) is 5.11 Å². The number of hydrogen-bond acceptors (Lipinski definition) is 3. The van der Waals surface area contributed by atoms with E-state index in [1.165, 1.54) is 5.56 Å². The first-order chi connectivity index (χ1) is 9.19. The Bertz CT molecular complexity index is 575. The van der Waals surface area contributed by atoms with E-state index in [1.807, 2.05) is 24.3 Å². The summed E-state index contributed by atoms with van der Waals surface area (Å²) < 4.78 is 1.07. The number of nitrogens with one attached hydrogen (secondary N) is 3. The number of anilines is 1. The van der Waals surface area contributed by atoms with Crippen molar-refractivity contribution >= 4 is 27.5 Å². The largest absolute Gasteiger partial charge is 0.381 e. The first kappa shape index (κ1) is 13.4. The van der Waals surface area contributed by atoms with Gasteiger partial charge in [0.25, 0.3) is 0 Å². The number of nitrogens with zero attached hydrogens (tertiary/aromatic N) is 1. The highest BCUT2D eigenvalue weighted by Gasteiger charge is 1.99. The molecule has 0 unspecified atom stereocenters. The Hall–Kier alpha value is -2.01. The summed E-state index contributed by atoms with van der Waals surface area (Å²) in [5.41, 5.74) is 9.61. The second kappa shape index (κ2) is 6.24. The third kappa shape index (κ3) is 3.72. The molecule has 4 nitrogen and oxygen atoms in total. The van der Waals surface area contributed by atoms with Crippen molar-refractivity contribution in [3.8, 4) is 0 Å². The fourth-order valence-corrected chi connectivity index (χ4v) is 1.88. The molecule has 0 fully saturated rings. The van der Waals surface area contributed by atoms with Crippen LogP contribution in [-0.4, -0.2) is 5.84 Å². The van der Waals surface area contributed by atoms with E-state index in [1.54, 1.807) is 12.1 Å². The molecule has 0 spiro atoms. The fourth-order valence-electron chi connectivity index (χ4n) is 1.62. The minimum atomic E-state index is -0.0283. The zero-order valence-electron chi connectivity index (χ0n) is 10.2. The number of amidine groups is 1. The molecule has 0 saturated heterocycles. The topological polar surface area (TPSA) is 72.1 Å². The van der Waals surface area contributed by atoms with Gasteiger partial charge in [-0.3, -0.25) is 5.41 Å². The predicted molar refractivity (Wildman–Crippen MR) is 79.9 cm³/mol. The number of rotatable bonds is 4. The van der Waals surface area contributed by atoms with Gasteiger partial charge in [0.15, 0.2) is 5.84 Å². The van der Waals surface area contributed by atoms with E-state index >= 15 is 0 Å². The normalized spacial score (nSPS) is 9.95. The molecule has 19 heavy (non-hydrogen) atoms. The second-order valence-electron chi connectivity index (χ2n) is 4.02. The average molecular weight is 317 g/mol. The van der Waals surface area contributed by atoms with Gasteiger partial charge in [0.2, 0.25) is 0 Å². The monoisotopic (exact) mass is 316 g/mol. The Morgan fingerprint density at radius 3 is 2.26 bits per heavy atom. The van der Waals surface area contributed by atoms with E-state index in [2.05, 4.69) is 38.5 Å². The van der Waals surface area contributed by atoms with Crippen molar-refractivity contribution in [2.45, 2.75) is 6.54 Å². The molecule has 0 atom stereocenters. The molecule has 0 saturated carbocycles. The first-order valence-electron chi connectivity index (χ1n) is 5.74. The van der Waals surface area contributed by atoms with Crippen LogP contribution in [-0.2, 0) is 6.54 Å². The maximum atomic E-state index is 7.43. The fraction of sp³-hybridized carbons (Fsp3) is 0.0714. The van der Waals surface area contributed by atoms with Crippen molar-refractivity contribution in [1.29, 1.82) is 10.9 Å². The van der Waals surface area contributed by atoms with Crippen LogP contribution in [0.4, 0.5) is 5.69 Å². The molecule has 0 heterocycles. The standard InChI is InChI=1S/C14H13BrN4/c15-12-5-1-10(2-6-12)9-18-13-7-3-11(4-8-13)14(16)19-17/h1-8,16-18H,9H2. The molecule has 2 aromatic rings. The summed E-state index contributed by atoms with van der Waals surface area (Å²) >= 11 is 3.41. The average Bonchev–Trinajstić information content (AvgIpc) is 2.46. The maximum Gasteiger partial charge on any atom is 0.173 e. The van der Waals surface area contributed by atoms with Crippen LogP contribution in [0.3, 0.4) is 0 Å². The summed E-state index contributed by atoms with van der Waals surface area (Å²) in [5, 5.41) is 13.8. The van der Waals surface area contributed by atoms with E-state index < -0.39 is 0 Å². The van der Waals surface area contributed by atoms with Crippen molar-refractivity contribution < 1.29 is 0 Å². The molecule has 2 aromatic carbocycles. The third-order valence-corrected chi connectivity index (χ3v) is 3.21. The predicted octanol–water partition coefficient (Wildman–Crippen LogP) is 4.42. The quantitative estimate of drug-likeness (QED) is 0.436. The minimum absolute atomic E-state index is 0.0283. The number of halogens is 1. The molecule has 0 amide bonds. The van der Waals surface area contributed by atoms with Gasteiger partial charge in [-0.2, -0.15) is 0 Å². The van der Waals surface area contributed by atoms with Crippen molar-refractivity contribution in [1.82, 2.24) is 0 Å². The molecule has 0 aliphatic rings. The van der Waals surface area contributed by atoms with Crippen molar-refractivity contribution in [2.24, 2.45) is 5.11 Å². The summed E-state index contributed by atoms with van der Waals surface area (Å²) in [6.07, 6.45) is 0. The smallest absolute Gasteiger partial charge is 0.173 e. The molecule has 96 valence electrons. The highest BCUT2D eigenvalue weighted by atomic mass is 79.9. The van der Waals surface area contributed by atoms with E-state index in [4.69, 9.17) is 10.9 Å². The molecule has 0 aromatic heterocycles. The molecule has 0 aliphatic heterocycles. The van der Waals surface area contributed by atoms with Gasteiger partial charge in [0, 0.05) is 22.3 Å². The molecule has 2 rings (SSSR count). The van der Waals surface area contributed by atoms with Crippen LogP contribution >= 0.6 is 15.9 Å². The molecular formula is C14H13BrN4. The van der Waals surface area contributed by atoms with Crippen LogP contribution in [0.15, 0.2) is 58.1 Å². The molecule has 0 bridgehead atoms. The molecular weight excluding hydrogens is 304 g/mol. The summed E-state index contributed by atoms with van der Waals surface area (Å²) in [6, 6.07) is 15.5. The van der Waals surface area contributed by atoms with Crippen LogP contribution in [0, 0.1) is 10.9 Å². The van der Waals surface area contributed by atoms with Crippen molar-refractivity contribution in [2.75, 3.05) is 5.32 Å². The Labute approximate surface area is 120 Å². The van der Waals surface area contributed by atoms with Crippen LogP contribution in [0.5, 0.6) is 0 Å². The number of benzene rings is 2. The van der Waals surface area contributed by atoms with Gasteiger partial charge in [-0.25, -0.2) is 5.53 Å². The van der Waals surface area contributed by atoms with Crippen molar-refractivity contribution in [3.05, 3.63) is 64.1 Å². The minimum Gasteiger partial charge on any atom is -0.381 e. The van der Waals surface area contributed by atoms with Crippen LogP contribution in [0.25, 0.3) is 0 Å². The zero-order chi connectivity index (χ0) is 13.7. The van der Waals surface area contributed by atoms with Gasteiger partial charge in [0.1, 0.15) is 0 Å². The van der Waals surface area contributed by atoms with E-state index in [9.17, 15) is 0 Å². The second-order valence-corrected chi connectivity index (χ2v) is 4.93. The Balaban J connectivity index is 1.98. The van der Waals surface area contributed by atoms with Crippen molar-refractivity contribution in [3.63, 3.8) is 0 Å². The summed E-state index contributed by atoms with van der Waals surface area (Å²) in [7, 11) is 0. The molecule has 0 radical (unpaired) electrons. The van der Waals surface area contributed by atoms with Gasteiger partial charge in [-0.1, -0.05) is 28.1 Å². The Morgan fingerprint density at radius 1 is 1.05 bits per heavy atom. The lowest BCUT2D eigenvalue weighted by Gasteiger charge is -2.07. The van der Waals surface area contributed by atoms with E-state index in [-0.39, 0.29) is 5.84 Å². The van der Waals surface area contributed by atoms with Crippen LogP contribution in [0.1, 0.15) is 11.1 Å². The third-order valence-electron chi connectivity index (χ3n) is 2.68. The lowest BCUT2D eigenvalue weighted by molar-refractivity contribution is 1.14. The Morgan fingerprint density at radius 2 is 1.68 bits per heavy atom. The molecule has 3 N–H and O–H groups in total. The SMILES string of the molecule is N=NC(=N)c1ccc(NCc2ccc(Br)cc2)cc1. The summed E-state index contributed by atoms with van der Waals surface area (Å²) in [5.74, 6) is -0.0283. The molecule has 5 heteroatoms. The van der Waals surface area contributed by atoms with Gasteiger partial charge >= 0.3 is 0 Å². The first-order valence-corrected chi connectivity index (χ1v) is 6.53. The van der Waals surface area contributed by atoms with Crippen LogP contribution < -0.4 is 5.32 Å². The number of hydrogen-bond donors (Lipinski definition) is 3. The highest BCUT2D eigenvalue weighted by molar-refractivity contribution is 9.10. The zero-order valence-corrected chi connectivity index (χ0v) is 11.7. The van der Waals surface area contributed by atoms with E-state index in [0.717, 1.165) is 16.7 Å². The van der Waals surface area contributed by atoms with Gasteiger partial charge in [-0.05, 0) is 42.0 Å². The Kier molecular flexibility index (Phi) is 4.41. The molecule has 0 aliphatic carbocycles.